The van der Waals surface area contributed by atoms with Crippen LogP contribution in [0.2, 0.25) is 0 Å². The fourth-order valence-electron chi connectivity index (χ4n) is 0.690. The van der Waals surface area contributed by atoms with E-state index < -0.39 is 0 Å². The van der Waals surface area contributed by atoms with Gasteiger partial charge < -0.3 is 0 Å². The topological polar surface area (TPSA) is 17.1 Å². The maximum absolute atomic E-state index is 12.2. The van der Waals surface area contributed by atoms with Crippen LogP contribution < -0.4 is 0 Å². The zero-order valence-corrected chi connectivity index (χ0v) is 5.10. The molecule has 0 fully saturated rings. The van der Waals surface area contributed by atoms with E-state index in [2.05, 4.69) is 0 Å². The van der Waals surface area contributed by atoms with Gasteiger partial charge in [-0.2, -0.15) is 0 Å². The van der Waals surface area contributed by atoms with Crippen molar-refractivity contribution in [3.05, 3.63) is 24.1 Å². The summed E-state index contributed by atoms with van der Waals surface area (Å²) in [5, 5.41) is 0. The molecule has 0 aliphatic heterocycles. The zero-order chi connectivity index (χ0) is 6.85. The molecule has 0 saturated heterocycles. The Labute approximate surface area is 52.9 Å². The van der Waals surface area contributed by atoms with Crippen LogP contribution >= 0.6 is 0 Å². The smallest absolute Gasteiger partial charge is 0.162 e. The SMILES string of the molecule is CC1C=C(F)C=CC1=O. The Bertz CT molecular complexity index is 191. The van der Waals surface area contributed by atoms with Gasteiger partial charge in [0.05, 0.1) is 0 Å². The monoisotopic (exact) mass is 126 g/mol. The quantitative estimate of drug-likeness (QED) is 0.482. The molecule has 0 heterocycles. The summed E-state index contributed by atoms with van der Waals surface area (Å²) in [6.07, 6.45) is 3.75. The van der Waals surface area contributed by atoms with Gasteiger partial charge in [-0.15, -0.1) is 0 Å². The first kappa shape index (κ1) is 6.20. The molecular weight excluding hydrogens is 119 g/mol. The van der Waals surface area contributed by atoms with Gasteiger partial charge in [0.25, 0.3) is 0 Å². The number of rotatable bonds is 0. The summed E-state index contributed by atoms with van der Waals surface area (Å²) in [7, 11) is 0. The summed E-state index contributed by atoms with van der Waals surface area (Å²) in [4.78, 5) is 10.6. The third-order valence-corrected chi connectivity index (χ3v) is 1.26. The first-order valence-electron chi connectivity index (χ1n) is 2.79. The van der Waals surface area contributed by atoms with Crippen LogP contribution in [0.4, 0.5) is 4.39 Å². The Morgan fingerprint density at radius 3 is 2.67 bits per heavy atom. The fourth-order valence-corrected chi connectivity index (χ4v) is 0.690. The van der Waals surface area contributed by atoms with Gasteiger partial charge >= 0.3 is 0 Å². The molecule has 1 atom stereocenters. The molecule has 0 saturated carbocycles. The minimum absolute atomic E-state index is 0.0311. The summed E-state index contributed by atoms with van der Waals surface area (Å²) in [6, 6.07) is 0. The van der Waals surface area contributed by atoms with Crippen LogP contribution in [0.15, 0.2) is 24.1 Å². The Hall–Kier alpha value is -0.920. The van der Waals surface area contributed by atoms with Gasteiger partial charge in [-0.25, -0.2) is 4.39 Å². The van der Waals surface area contributed by atoms with E-state index in [-0.39, 0.29) is 17.5 Å². The molecule has 1 nitrogen and oxygen atoms in total. The predicted octanol–water partition coefficient (Wildman–Crippen LogP) is 1.61. The second-order valence-corrected chi connectivity index (χ2v) is 2.08. The molecule has 0 radical (unpaired) electrons. The van der Waals surface area contributed by atoms with Crippen molar-refractivity contribution < 1.29 is 9.18 Å². The zero-order valence-electron chi connectivity index (χ0n) is 5.10. The standard InChI is InChI=1S/C7H7FO/c1-5-4-6(8)2-3-7(5)9/h2-5H,1H3. The molecule has 1 aliphatic carbocycles. The molecule has 1 aliphatic rings. The van der Waals surface area contributed by atoms with Crippen molar-refractivity contribution in [2.45, 2.75) is 6.92 Å². The predicted molar refractivity (Wildman–Crippen MR) is 32.5 cm³/mol. The molecule has 1 unspecified atom stereocenters. The first-order valence-corrected chi connectivity index (χ1v) is 2.79. The second-order valence-electron chi connectivity index (χ2n) is 2.08. The normalized spacial score (nSPS) is 26.2. The summed E-state index contributed by atoms with van der Waals surface area (Å²) in [5.41, 5.74) is 0. The van der Waals surface area contributed by atoms with Gasteiger partial charge in [0.15, 0.2) is 5.78 Å². The molecule has 0 spiro atoms. The average molecular weight is 126 g/mol. The van der Waals surface area contributed by atoms with E-state index >= 15 is 0 Å². The highest BCUT2D eigenvalue weighted by atomic mass is 19.1. The third-order valence-electron chi connectivity index (χ3n) is 1.26. The van der Waals surface area contributed by atoms with E-state index in [9.17, 15) is 9.18 Å². The first-order chi connectivity index (χ1) is 4.20. The highest BCUT2D eigenvalue weighted by Gasteiger charge is 2.11. The van der Waals surface area contributed by atoms with E-state index in [0.29, 0.717) is 0 Å². The maximum atomic E-state index is 12.2. The van der Waals surface area contributed by atoms with Gasteiger partial charge in [-0.1, -0.05) is 6.92 Å². The van der Waals surface area contributed by atoms with Gasteiger partial charge in [-0.3, -0.25) is 4.79 Å². The number of hydrogen-bond acceptors (Lipinski definition) is 1. The van der Waals surface area contributed by atoms with Crippen molar-refractivity contribution in [3.63, 3.8) is 0 Å². The van der Waals surface area contributed by atoms with Crippen LogP contribution in [-0.4, -0.2) is 5.78 Å². The lowest BCUT2D eigenvalue weighted by atomic mass is 10.0. The van der Waals surface area contributed by atoms with Crippen molar-refractivity contribution in [2.75, 3.05) is 0 Å². The van der Waals surface area contributed by atoms with E-state index in [1.54, 1.807) is 6.92 Å². The summed E-state index contributed by atoms with van der Waals surface area (Å²) in [6.45, 7) is 1.67. The van der Waals surface area contributed by atoms with Gasteiger partial charge in [0.2, 0.25) is 0 Å². The number of allylic oxidation sites excluding steroid dienone is 4. The number of hydrogen-bond donors (Lipinski definition) is 0. The van der Waals surface area contributed by atoms with Crippen LogP contribution in [-0.2, 0) is 4.79 Å². The Morgan fingerprint density at radius 2 is 2.22 bits per heavy atom. The molecule has 1 rings (SSSR count). The van der Waals surface area contributed by atoms with Crippen molar-refractivity contribution in [1.29, 1.82) is 0 Å². The van der Waals surface area contributed by atoms with Crippen LogP contribution in [0.25, 0.3) is 0 Å². The van der Waals surface area contributed by atoms with Crippen molar-refractivity contribution >= 4 is 5.78 Å². The largest absolute Gasteiger partial charge is 0.294 e. The summed E-state index contributed by atoms with van der Waals surface area (Å²) in [5.74, 6) is -0.631. The minimum atomic E-state index is -0.317. The van der Waals surface area contributed by atoms with E-state index in [1.165, 1.54) is 18.2 Å². The third kappa shape index (κ3) is 1.25. The van der Waals surface area contributed by atoms with Crippen LogP contribution in [0, 0.1) is 5.92 Å². The average Bonchev–Trinajstić information content (AvgIpc) is 1.80. The maximum Gasteiger partial charge on any atom is 0.162 e. The molecule has 0 aromatic carbocycles. The fraction of sp³-hybridized carbons (Fsp3) is 0.286. The van der Waals surface area contributed by atoms with Crippen LogP contribution in [0.3, 0.4) is 0 Å². The number of halogens is 1. The number of carbonyl (C=O) groups excluding carboxylic acids is 1. The Kier molecular flexibility index (Phi) is 1.47. The highest BCUT2D eigenvalue weighted by molar-refractivity contribution is 5.94. The molecule has 0 amide bonds. The highest BCUT2D eigenvalue weighted by Crippen LogP contribution is 2.12. The van der Waals surface area contributed by atoms with E-state index in [4.69, 9.17) is 0 Å². The molecule has 9 heavy (non-hydrogen) atoms. The molecular formula is C7H7FO. The lowest BCUT2D eigenvalue weighted by molar-refractivity contribution is -0.116. The summed E-state index contributed by atoms with van der Waals surface area (Å²) >= 11 is 0. The van der Waals surface area contributed by atoms with E-state index in [1.807, 2.05) is 0 Å². The lowest BCUT2D eigenvalue weighted by Gasteiger charge is -2.03. The molecule has 0 N–H and O–H groups in total. The van der Waals surface area contributed by atoms with Crippen LogP contribution in [0.5, 0.6) is 0 Å². The van der Waals surface area contributed by atoms with Gasteiger partial charge in [0, 0.05) is 5.92 Å². The molecule has 0 bridgehead atoms. The van der Waals surface area contributed by atoms with Gasteiger partial charge in [0.1, 0.15) is 5.83 Å². The Morgan fingerprint density at radius 1 is 1.56 bits per heavy atom. The second kappa shape index (κ2) is 2.13. The van der Waals surface area contributed by atoms with Gasteiger partial charge in [-0.05, 0) is 18.2 Å². The van der Waals surface area contributed by atoms with Crippen molar-refractivity contribution in [1.82, 2.24) is 0 Å². The van der Waals surface area contributed by atoms with E-state index in [0.717, 1.165) is 0 Å². The van der Waals surface area contributed by atoms with Crippen LogP contribution in [0.1, 0.15) is 6.92 Å². The minimum Gasteiger partial charge on any atom is -0.294 e. The molecule has 0 aromatic heterocycles. The summed E-state index contributed by atoms with van der Waals surface area (Å²) < 4.78 is 12.2. The number of ketones is 1. The molecule has 0 aromatic rings. The van der Waals surface area contributed by atoms with Crippen molar-refractivity contribution in [3.8, 4) is 0 Å². The molecule has 48 valence electrons. The Balaban J connectivity index is 2.82. The number of carbonyl (C=O) groups is 1. The molecule has 2 heteroatoms. The van der Waals surface area contributed by atoms with Crippen molar-refractivity contribution in [2.24, 2.45) is 5.92 Å². The lowest BCUT2D eigenvalue weighted by Crippen LogP contribution is -2.07.